The summed E-state index contributed by atoms with van der Waals surface area (Å²) in [5, 5.41) is 19.8. The number of rotatable bonds is 5. The molecule has 2 fully saturated rings. The zero-order valence-electron chi connectivity index (χ0n) is 19.5. The largest absolute Gasteiger partial charge is 0.494 e. The van der Waals surface area contributed by atoms with E-state index in [4.69, 9.17) is 20.6 Å². The molecular formula is C23H27FN8O2. The molecule has 4 heterocycles. The number of hydrogen-bond acceptors (Lipinski definition) is 8. The third-order valence-electron chi connectivity index (χ3n) is 7.36. The molecule has 0 unspecified atom stereocenters. The maximum Gasteiger partial charge on any atom is 0.223 e. The first kappa shape index (κ1) is 21.1. The van der Waals surface area contributed by atoms with Crippen LogP contribution in [0.3, 0.4) is 0 Å². The minimum absolute atomic E-state index is 0.106. The molecule has 0 radical (unpaired) electrons. The number of methoxy groups -OCH3 is 1. The fourth-order valence-electron chi connectivity index (χ4n) is 5.55. The summed E-state index contributed by atoms with van der Waals surface area (Å²) >= 11 is 0. The number of benzene rings is 1. The third kappa shape index (κ3) is 2.96. The van der Waals surface area contributed by atoms with Gasteiger partial charge in [0, 0.05) is 30.7 Å². The molecule has 2 aliphatic rings. The molecule has 1 aliphatic carbocycles. The van der Waals surface area contributed by atoms with Crippen molar-refractivity contribution >= 4 is 28.2 Å². The number of hydrogen-bond donors (Lipinski definition) is 2. The lowest BCUT2D eigenvalue weighted by atomic mass is 10.0. The molecule has 1 saturated heterocycles. The van der Waals surface area contributed by atoms with E-state index in [-0.39, 0.29) is 17.1 Å². The van der Waals surface area contributed by atoms with Crippen molar-refractivity contribution in [3.8, 4) is 5.75 Å². The average molecular weight is 467 g/mol. The normalized spacial score (nSPS) is 24.2. The summed E-state index contributed by atoms with van der Waals surface area (Å²) in [6.45, 7) is 7.77. The van der Waals surface area contributed by atoms with Crippen LogP contribution in [0.5, 0.6) is 5.75 Å². The molecule has 6 rings (SSSR count). The van der Waals surface area contributed by atoms with Crippen molar-refractivity contribution in [2.75, 3.05) is 30.8 Å². The quantitative estimate of drug-likeness (QED) is 0.458. The van der Waals surface area contributed by atoms with Gasteiger partial charge in [0.15, 0.2) is 23.0 Å². The maximum absolute atomic E-state index is 14.5. The predicted molar refractivity (Wildman–Crippen MR) is 124 cm³/mol. The highest BCUT2D eigenvalue weighted by atomic mass is 19.1. The second kappa shape index (κ2) is 6.78. The molecule has 10 nitrogen and oxygen atoms in total. The first-order chi connectivity index (χ1) is 16.1. The number of aromatic nitrogens is 6. The van der Waals surface area contributed by atoms with Gasteiger partial charge in [0.05, 0.1) is 42.1 Å². The second-order valence-electron chi connectivity index (χ2n) is 10.2. The smallest absolute Gasteiger partial charge is 0.223 e. The van der Waals surface area contributed by atoms with Crippen LogP contribution in [0.1, 0.15) is 26.6 Å². The number of aliphatic hydroxyl groups is 1. The molecule has 1 aliphatic heterocycles. The van der Waals surface area contributed by atoms with Gasteiger partial charge in [-0.15, -0.1) is 5.10 Å². The van der Waals surface area contributed by atoms with Gasteiger partial charge < -0.3 is 20.5 Å². The molecule has 1 saturated carbocycles. The molecule has 178 valence electrons. The van der Waals surface area contributed by atoms with E-state index in [1.807, 2.05) is 12.4 Å². The van der Waals surface area contributed by atoms with Crippen LogP contribution in [0.2, 0.25) is 0 Å². The molecular weight excluding hydrogens is 439 g/mol. The number of piperidine rings is 1. The summed E-state index contributed by atoms with van der Waals surface area (Å²) in [4.78, 5) is 11.5. The van der Waals surface area contributed by atoms with Crippen LogP contribution >= 0.6 is 0 Å². The van der Waals surface area contributed by atoms with E-state index in [1.165, 1.54) is 23.8 Å². The zero-order chi connectivity index (χ0) is 24.0. The van der Waals surface area contributed by atoms with E-state index in [1.54, 1.807) is 18.5 Å². The van der Waals surface area contributed by atoms with Gasteiger partial charge >= 0.3 is 0 Å². The van der Waals surface area contributed by atoms with E-state index in [0.717, 1.165) is 18.8 Å². The SMILES string of the molecule is COc1cc2nc(N)n3nc([C@@]45CN(c6cnn(CC(C)(C)O)c6)C[C@@H]4[C@@H]5C)nc3c2cc1F. The van der Waals surface area contributed by atoms with Gasteiger partial charge in [-0.25, -0.2) is 14.4 Å². The van der Waals surface area contributed by atoms with E-state index in [2.05, 4.69) is 21.9 Å². The first-order valence-corrected chi connectivity index (χ1v) is 11.3. The fourth-order valence-corrected chi connectivity index (χ4v) is 5.55. The number of nitrogen functional groups attached to an aromatic ring is 1. The minimum atomic E-state index is -0.840. The Bertz CT molecular complexity index is 1440. The molecule has 0 spiro atoms. The van der Waals surface area contributed by atoms with Crippen molar-refractivity contribution < 1.29 is 14.2 Å². The summed E-state index contributed by atoms with van der Waals surface area (Å²) in [6.07, 6.45) is 3.79. The van der Waals surface area contributed by atoms with Crippen LogP contribution < -0.4 is 15.4 Å². The Labute approximate surface area is 195 Å². The average Bonchev–Trinajstić information content (AvgIpc) is 3.28. The second-order valence-corrected chi connectivity index (χ2v) is 10.2. The van der Waals surface area contributed by atoms with Crippen LogP contribution in [0.15, 0.2) is 24.5 Å². The van der Waals surface area contributed by atoms with Gasteiger partial charge in [-0.05, 0) is 31.7 Å². The van der Waals surface area contributed by atoms with Crippen molar-refractivity contribution in [1.29, 1.82) is 0 Å². The topological polar surface area (TPSA) is 120 Å². The summed E-state index contributed by atoms with van der Waals surface area (Å²) in [5.41, 5.74) is 7.15. The molecule has 0 bridgehead atoms. The predicted octanol–water partition coefficient (Wildman–Crippen LogP) is 2.00. The van der Waals surface area contributed by atoms with Crippen LogP contribution in [0.25, 0.3) is 16.6 Å². The van der Waals surface area contributed by atoms with Gasteiger partial charge in [0.25, 0.3) is 0 Å². The van der Waals surface area contributed by atoms with Crippen molar-refractivity contribution in [1.82, 2.24) is 29.4 Å². The van der Waals surface area contributed by atoms with Crippen LogP contribution in [-0.4, -0.2) is 60.3 Å². The van der Waals surface area contributed by atoms with E-state index >= 15 is 0 Å². The molecule has 11 heteroatoms. The summed E-state index contributed by atoms with van der Waals surface area (Å²) in [7, 11) is 1.41. The Morgan fingerprint density at radius 2 is 2.12 bits per heavy atom. The zero-order valence-corrected chi connectivity index (χ0v) is 19.5. The van der Waals surface area contributed by atoms with Gasteiger partial charge in [-0.1, -0.05) is 6.92 Å². The van der Waals surface area contributed by atoms with Crippen molar-refractivity contribution in [3.05, 3.63) is 36.2 Å². The van der Waals surface area contributed by atoms with E-state index in [0.29, 0.717) is 40.8 Å². The lowest BCUT2D eigenvalue weighted by molar-refractivity contribution is 0.0577. The van der Waals surface area contributed by atoms with Gasteiger partial charge in [-0.2, -0.15) is 9.61 Å². The Morgan fingerprint density at radius 1 is 1.32 bits per heavy atom. The van der Waals surface area contributed by atoms with Crippen LogP contribution in [0.4, 0.5) is 16.0 Å². The maximum atomic E-state index is 14.5. The van der Waals surface area contributed by atoms with E-state index in [9.17, 15) is 9.50 Å². The molecule has 4 aromatic rings. The number of ether oxygens (including phenoxy) is 1. The lowest BCUT2D eigenvalue weighted by Gasteiger charge is -2.22. The highest BCUT2D eigenvalue weighted by Crippen LogP contribution is 2.63. The number of anilines is 2. The van der Waals surface area contributed by atoms with Crippen LogP contribution in [-0.2, 0) is 12.0 Å². The lowest BCUT2D eigenvalue weighted by Crippen LogP contribution is -2.29. The van der Waals surface area contributed by atoms with Crippen molar-refractivity contribution in [3.63, 3.8) is 0 Å². The number of nitrogens with zero attached hydrogens (tertiary/aromatic N) is 7. The van der Waals surface area contributed by atoms with Crippen molar-refractivity contribution in [2.24, 2.45) is 11.8 Å². The number of halogens is 1. The Balaban J connectivity index is 1.37. The molecule has 3 N–H and O–H groups in total. The first-order valence-electron chi connectivity index (χ1n) is 11.3. The minimum Gasteiger partial charge on any atom is -0.494 e. The molecule has 1 aromatic carbocycles. The van der Waals surface area contributed by atoms with Gasteiger partial charge in [0.2, 0.25) is 5.95 Å². The van der Waals surface area contributed by atoms with Crippen molar-refractivity contribution in [2.45, 2.75) is 38.3 Å². The Hall–Kier alpha value is -3.47. The summed E-state index contributed by atoms with van der Waals surface area (Å²) in [5.74, 6) is 1.31. The van der Waals surface area contributed by atoms with E-state index < -0.39 is 11.4 Å². The molecule has 0 amide bonds. The van der Waals surface area contributed by atoms with Gasteiger partial charge in [-0.3, -0.25) is 4.68 Å². The highest BCUT2D eigenvalue weighted by molar-refractivity contribution is 5.93. The number of fused-ring (bicyclic) bond motifs is 4. The fraction of sp³-hybridized carbons (Fsp3) is 0.478. The molecule has 3 aromatic heterocycles. The standard InChI is InChI=1S/C23H27FN8O2/c1-12-15-9-30(13-7-26-31(8-13)10-22(2,3)33)11-23(12,15)20-28-19-14-5-16(24)18(34-4)6-17(14)27-21(25)32(19)29-20/h5-8,12,15,33H,9-11H2,1-4H3,(H2,25,27)/t12-,15+,23+/m0/s1. The number of nitrogens with two attached hydrogens (primary N) is 1. The Kier molecular flexibility index (Phi) is 4.21. The van der Waals surface area contributed by atoms with Gasteiger partial charge in [0.1, 0.15) is 0 Å². The monoisotopic (exact) mass is 466 g/mol. The third-order valence-corrected chi connectivity index (χ3v) is 7.36. The molecule has 34 heavy (non-hydrogen) atoms. The Morgan fingerprint density at radius 3 is 2.85 bits per heavy atom. The summed E-state index contributed by atoms with van der Waals surface area (Å²) < 4.78 is 22.8. The highest BCUT2D eigenvalue weighted by Gasteiger charge is 2.70. The summed E-state index contributed by atoms with van der Waals surface area (Å²) in [6, 6.07) is 2.90. The van der Waals surface area contributed by atoms with Crippen LogP contribution in [0, 0.1) is 17.7 Å². The molecule has 3 atom stereocenters.